The van der Waals surface area contributed by atoms with Gasteiger partial charge in [-0.3, -0.25) is 0 Å². The number of aliphatic hydroxyl groups excluding tert-OH is 1. The van der Waals surface area contributed by atoms with Gasteiger partial charge >= 0.3 is 0 Å². The van der Waals surface area contributed by atoms with Gasteiger partial charge in [0.1, 0.15) is 0 Å². The van der Waals surface area contributed by atoms with E-state index in [1.807, 2.05) is 0 Å². The fourth-order valence-corrected chi connectivity index (χ4v) is 1.57. The molecule has 0 aliphatic heterocycles. The largest absolute Gasteiger partial charge is 0.392 e. The van der Waals surface area contributed by atoms with Crippen molar-refractivity contribution in [3.8, 4) is 0 Å². The van der Waals surface area contributed by atoms with E-state index in [1.165, 1.54) is 6.42 Å². The van der Waals surface area contributed by atoms with Crippen molar-refractivity contribution in [2.45, 2.75) is 45.8 Å². The first-order valence-corrected chi connectivity index (χ1v) is 4.50. The predicted molar refractivity (Wildman–Crippen MR) is 46.5 cm³/mol. The molecule has 0 aromatic rings. The quantitative estimate of drug-likeness (QED) is 0.644. The van der Waals surface area contributed by atoms with Gasteiger partial charge in [0.25, 0.3) is 0 Å². The fraction of sp³-hybridized carbons (Fsp3) is 1.00. The van der Waals surface area contributed by atoms with Crippen LogP contribution in [0, 0.1) is 5.41 Å². The van der Waals surface area contributed by atoms with E-state index < -0.39 is 0 Å². The summed E-state index contributed by atoms with van der Waals surface area (Å²) in [7, 11) is 0. The maximum atomic E-state index is 9.41. The Balaban J connectivity index is 2.28. The minimum atomic E-state index is -0.100. The van der Waals surface area contributed by atoms with Crippen molar-refractivity contribution in [2.75, 3.05) is 6.54 Å². The second-order valence-electron chi connectivity index (χ2n) is 4.08. The Labute approximate surface area is 69.0 Å². The molecular formula is C9H19NO. The molecule has 2 unspecified atom stereocenters. The molecule has 1 rings (SSSR count). The van der Waals surface area contributed by atoms with Gasteiger partial charge in [-0.1, -0.05) is 20.8 Å². The van der Waals surface area contributed by atoms with Gasteiger partial charge in [-0.15, -0.1) is 0 Å². The highest BCUT2D eigenvalue weighted by Crippen LogP contribution is 2.40. The van der Waals surface area contributed by atoms with E-state index in [4.69, 9.17) is 0 Å². The van der Waals surface area contributed by atoms with Gasteiger partial charge in [-0.05, 0) is 19.4 Å². The normalized spacial score (nSPS) is 34.9. The van der Waals surface area contributed by atoms with Crippen LogP contribution in [0.2, 0.25) is 0 Å². The second-order valence-corrected chi connectivity index (χ2v) is 4.08. The highest BCUT2D eigenvalue weighted by molar-refractivity contribution is 5.01. The van der Waals surface area contributed by atoms with Crippen LogP contribution in [0.4, 0.5) is 0 Å². The SMILES string of the molecule is CCCNC1CC(O)C1(C)C. The maximum absolute atomic E-state index is 9.41. The van der Waals surface area contributed by atoms with Crippen LogP contribution < -0.4 is 5.32 Å². The van der Waals surface area contributed by atoms with Gasteiger partial charge in [-0.2, -0.15) is 0 Å². The molecule has 0 amide bonds. The van der Waals surface area contributed by atoms with Crippen LogP contribution in [0.3, 0.4) is 0 Å². The molecule has 1 aliphatic carbocycles. The molecule has 2 nitrogen and oxygen atoms in total. The third-order valence-corrected chi connectivity index (χ3v) is 2.86. The summed E-state index contributed by atoms with van der Waals surface area (Å²) in [6, 6.07) is 0.525. The van der Waals surface area contributed by atoms with Crippen LogP contribution in [0.5, 0.6) is 0 Å². The first-order chi connectivity index (χ1) is 5.09. The summed E-state index contributed by atoms with van der Waals surface area (Å²) in [5.41, 5.74) is 0.0924. The lowest BCUT2D eigenvalue weighted by molar-refractivity contribution is -0.0721. The molecule has 2 heteroatoms. The van der Waals surface area contributed by atoms with E-state index in [0.717, 1.165) is 13.0 Å². The summed E-state index contributed by atoms with van der Waals surface area (Å²) in [4.78, 5) is 0. The van der Waals surface area contributed by atoms with Crippen LogP contribution >= 0.6 is 0 Å². The van der Waals surface area contributed by atoms with E-state index in [-0.39, 0.29) is 11.5 Å². The van der Waals surface area contributed by atoms with Crippen LogP contribution in [-0.4, -0.2) is 23.8 Å². The van der Waals surface area contributed by atoms with E-state index in [0.29, 0.717) is 6.04 Å². The summed E-state index contributed by atoms with van der Waals surface area (Å²) < 4.78 is 0. The molecule has 1 aliphatic rings. The minimum absolute atomic E-state index is 0.0924. The van der Waals surface area contributed by atoms with Crippen molar-refractivity contribution >= 4 is 0 Å². The second kappa shape index (κ2) is 3.11. The molecule has 0 bridgehead atoms. The Kier molecular flexibility index (Phi) is 2.55. The molecule has 2 N–H and O–H groups in total. The lowest BCUT2D eigenvalue weighted by Gasteiger charge is -2.49. The third kappa shape index (κ3) is 1.57. The molecule has 1 saturated carbocycles. The molecule has 0 aromatic heterocycles. The monoisotopic (exact) mass is 157 g/mol. The molecule has 2 atom stereocenters. The molecule has 1 fully saturated rings. The van der Waals surface area contributed by atoms with E-state index >= 15 is 0 Å². The molecule has 66 valence electrons. The molecule has 0 heterocycles. The predicted octanol–water partition coefficient (Wildman–Crippen LogP) is 1.15. The Hall–Kier alpha value is -0.0800. The van der Waals surface area contributed by atoms with Crippen LogP contribution in [-0.2, 0) is 0 Å². The molecule has 0 radical (unpaired) electrons. The Morgan fingerprint density at radius 3 is 2.55 bits per heavy atom. The average molecular weight is 157 g/mol. The summed E-state index contributed by atoms with van der Waals surface area (Å²) in [6.07, 6.45) is 1.99. The van der Waals surface area contributed by atoms with Crippen molar-refractivity contribution in [1.29, 1.82) is 0 Å². The van der Waals surface area contributed by atoms with Gasteiger partial charge < -0.3 is 10.4 Å². The summed E-state index contributed by atoms with van der Waals surface area (Å²) in [5, 5.41) is 12.8. The number of hydrogen-bond donors (Lipinski definition) is 2. The first kappa shape index (κ1) is 9.01. The lowest BCUT2D eigenvalue weighted by atomic mass is 9.64. The van der Waals surface area contributed by atoms with Crippen molar-refractivity contribution in [1.82, 2.24) is 5.32 Å². The van der Waals surface area contributed by atoms with Gasteiger partial charge in [0.15, 0.2) is 0 Å². The van der Waals surface area contributed by atoms with Crippen molar-refractivity contribution in [2.24, 2.45) is 5.41 Å². The van der Waals surface area contributed by atoms with Crippen LogP contribution in [0.15, 0.2) is 0 Å². The van der Waals surface area contributed by atoms with Crippen LogP contribution in [0.1, 0.15) is 33.6 Å². The Morgan fingerprint density at radius 1 is 1.55 bits per heavy atom. The topological polar surface area (TPSA) is 32.3 Å². The van der Waals surface area contributed by atoms with Gasteiger partial charge in [0.2, 0.25) is 0 Å². The van der Waals surface area contributed by atoms with E-state index in [1.54, 1.807) is 0 Å². The highest BCUT2D eigenvalue weighted by Gasteiger charge is 2.46. The minimum Gasteiger partial charge on any atom is -0.392 e. The molecular weight excluding hydrogens is 138 g/mol. The first-order valence-electron chi connectivity index (χ1n) is 4.50. The smallest absolute Gasteiger partial charge is 0.0621 e. The summed E-state index contributed by atoms with van der Waals surface area (Å²) in [5.74, 6) is 0. The molecule has 0 spiro atoms. The number of aliphatic hydroxyl groups is 1. The highest BCUT2D eigenvalue weighted by atomic mass is 16.3. The van der Waals surface area contributed by atoms with E-state index in [2.05, 4.69) is 26.1 Å². The third-order valence-electron chi connectivity index (χ3n) is 2.86. The zero-order valence-electron chi connectivity index (χ0n) is 7.72. The average Bonchev–Trinajstić information content (AvgIpc) is 1.97. The number of rotatable bonds is 3. The van der Waals surface area contributed by atoms with Crippen molar-refractivity contribution in [3.63, 3.8) is 0 Å². The van der Waals surface area contributed by atoms with Crippen molar-refractivity contribution < 1.29 is 5.11 Å². The standard InChI is InChI=1S/C9H19NO/c1-4-5-10-7-6-8(11)9(7,2)3/h7-8,10-11H,4-6H2,1-3H3. The zero-order chi connectivity index (χ0) is 8.48. The van der Waals surface area contributed by atoms with Gasteiger partial charge in [0.05, 0.1) is 6.10 Å². The fourth-order valence-electron chi connectivity index (χ4n) is 1.57. The Morgan fingerprint density at radius 2 is 2.18 bits per heavy atom. The van der Waals surface area contributed by atoms with Gasteiger partial charge in [0, 0.05) is 11.5 Å². The zero-order valence-corrected chi connectivity index (χ0v) is 7.72. The molecule has 11 heavy (non-hydrogen) atoms. The lowest BCUT2D eigenvalue weighted by Crippen LogP contribution is -2.60. The summed E-state index contributed by atoms with van der Waals surface area (Å²) in [6.45, 7) is 7.47. The van der Waals surface area contributed by atoms with Crippen molar-refractivity contribution in [3.05, 3.63) is 0 Å². The van der Waals surface area contributed by atoms with E-state index in [9.17, 15) is 5.11 Å². The maximum Gasteiger partial charge on any atom is 0.0621 e. The van der Waals surface area contributed by atoms with Crippen LogP contribution in [0.25, 0.3) is 0 Å². The number of nitrogens with one attached hydrogen (secondary N) is 1. The summed E-state index contributed by atoms with van der Waals surface area (Å²) >= 11 is 0. The Bertz CT molecular complexity index is 134. The number of hydrogen-bond acceptors (Lipinski definition) is 2. The molecule has 0 saturated heterocycles. The molecule has 0 aromatic carbocycles. The van der Waals surface area contributed by atoms with Gasteiger partial charge in [-0.25, -0.2) is 0 Å².